The molecule has 0 aromatic carbocycles. The second-order valence-corrected chi connectivity index (χ2v) is 18.2. The molecule has 0 saturated carbocycles. The van der Waals surface area contributed by atoms with Crippen LogP contribution >= 0.6 is 7.82 Å². The van der Waals surface area contributed by atoms with E-state index in [1.807, 2.05) is 21.1 Å². The maximum Gasteiger partial charge on any atom is 0.472 e. The van der Waals surface area contributed by atoms with Gasteiger partial charge in [0, 0.05) is 13.0 Å². The Morgan fingerprint density at radius 2 is 0.846 bits per heavy atom. The number of ether oxygens (including phenoxy) is 2. The predicted molar refractivity (Wildman–Crippen MR) is 279 cm³/mol. The van der Waals surface area contributed by atoms with Crippen LogP contribution in [0.1, 0.15) is 142 Å². The molecule has 0 amide bonds. The molecule has 65 heavy (non-hydrogen) atoms. The summed E-state index contributed by atoms with van der Waals surface area (Å²) in [7, 11) is 1.58. The molecule has 2 unspecified atom stereocenters. The third-order valence-corrected chi connectivity index (χ3v) is 10.4. The van der Waals surface area contributed by atoms with Gasteiger partial charge in [-0.2, -0.15) is 0 Å². The first-order valence-corrected chi connectivity index (χ1v) is 26.1. The summed E-state index contributed by atoms with van der Waals surface area (Å²) in [6.45, 7) is 5.15. The Hall–Kier alpha value is -3.62. The molecule has 0 rings (SSSR count). The fourth-order valence-corrected chi connectivity index (χ4v) is 6.43. The van der Waals surface area contributed by atoms with Gasteiger partial charge in [-0.1, -0.05) is 173 Å². The van der Waals surface area contributed by atoms with Crippen LogP contribution in [-0.2, 0) is 27.9 Å². The smallest absolute Gasteiger partial charge is 0.457 e. The average Bonchev–Trinajstić information content (AvgIpc) is 3.27. The minimum absolute atomic E-state index is 0.0624. The Morgan fingerprint density at radius 3 is 1.25 bits per heavy atom. The van der Waals surface area contributed by atoms with Gasteiger partial charge >= 0.3 is 13.8 Å². The number of carbonyl (C=O) groups is 1. The maximum atomic E-state index is 12.7. The summed E-state index contributed by atoms with van der Waals surface area (Å²) < 4.78 is 35.0. The molecule has 366 valence electrons. The van der Waals surface area contributed by atoms with E-state index in [9.17, 15) is 14.3 Å². The van der Waals surface area contributed by atoms with Gasteiger partial charge in [0.1, 0.15) is 19.3 Å². The summed E-state index contributed by atoms with van der Waals surface area (Å²) in [5, 5.41) is 0. The molecule has 0 bridgehead atoms. The standard InChI is InChI=1S/C56H90NO7P/c1-6-8-10-12-14-16-18-20-22-24-26-28-29-30-31-33-35-37-39-41-43-45-47-49-56(58)64-55(54-63-65(59,60)62-52-50-57(3,4)5)53-61-51-48-46-44-42-40-38-36-34-32-27-25-23-21-19-17-15-13-11-9-7-2/h8-11,14-17,20-23,26-28,30-32,35-38,42,44,55H,6-7,12-13,18-19,24-25,29,33-34,39-41,43,45-54H2,1-5H3/p+1/b10-8-,11-9-,16-14-,17-15-,22-20-,23-21-,28-26-,31-30-,32-27-,37-35-,38-36-,44-42-. The monoisotopic (exact) mass is 921 g/mol. The van der Waals surface area contributed by atoms with E-state index in [0.717, 1.165) is 122 Å². The summed E-state index contributed by atoms with van der Waals surface area (Å²) in [6, 6.07) is 0. The van der Waals surface area contributed by atoms with Gasteiger partial charge in [0.25, 0.3) is 0 Å². The third kappa shape index (κ3) is 51.2. The van der Waals surface area contributed by atoms with Gasteiger partial charge in [0.05, 0.1) is 34.4 Å². The van der Waals surface area contributed by atoms with Crippen molar-refractivity contribution in [2.24, 2.45) is 0 Å². The van der Waals surface area contributed by atoms with Crippen LogP contribution in [0.4, 0.5) is 0 Å². The highest BCUT2D eigenvalue weighted by molar-refractivity contribution is 7.47. The minimum Gasteiger partial charge on any atom is -0.457 e. The Balaban J connectivity index is 4.39. The molecule has 0 aliphatic carbocycles. The van der Waals surface area contributed by atoms with Crippen LogP contribution < -0.4 is 0 Å². The van der Waals surface area contributed by atoms with E-state index >= 15 is 0 Å². The lowest BCUT2D eigenvalue weighted by molar-refractivity contribution is -0.870. The second kappa shape index (κ2) is 46.9. The van der Waals surface area contributed by atoms with E-state index in [-0.39, 0.29) is 32.2 Å². The first-order chi connectivity index (χ1) is 31.6. The van der Waals surface area contributed by atoms with Crippen molar-refractivity contribution in [2.75, 3.05) is 54.1 Å². The van der Waals surface area contributed by atoms with Crippen LogP contribution in [0.2, 0.25) is 0 Å². The van der Waals surface area contributed by atoms with Crippen molar-refractivity contribution in [1.29, 1.82) is 0 Å². The number of carbonyl (C=O) groups excluding carboxylic acids is 1. The number of hydrogen-bond acceptors (Lipinski definition) is 6. The molecule has 0 spiro atoms. The number of unbranched alkanes of at least 4 members (excludes halogenated alkanes) is 5. The summed E-state index contributed by atoms with van der Waals surface area (Å²) in [4.78, 5) is 23.0. The first kappa shape index (κ1) is 61.4. The molecule has 0 fully saturated rings. The maximum absolute atomic E-state index is 12.7. The molecule has 9 heteroatoms. The summed E-state index contributed by atoms with van der Waals surface area (Å²) in [6.07, 6.45) is 70.5. The van der Waals surface area contributed by atoms with Crippen molar-refractivity contribution >= 4 is 13.8 Å². The molecular weight excluding hydrogens is 830 g/mol. The van der Waals surface area contributed by atoms with E-state index in [1.54, 1.807) is 0 Å². The highest BCUT2D eigenvalue weighted by Gasteiger charge is 2.26. The van der Waals surface area contributed by atoms with Gasteiger partial charge in [-0.3, -0.25) is 13.8 Å². The molecule has 2 atom stereocenters. The summed E-state index contributed by atoms with van der Waals surface area (Å²) >= 11 is 0. The predicted octanol–water partition coefficient (Wildman–Crippen LogP) is 15.3. The van der Waals surface area contributed by atoms with Gasteiger partial charge in [0.15, 0.2) is 0 Å². The molecule has 0 saturated heterocycles. The van der Waals surface area contributed by atoms with E-state index in [0.29, 0.717) is 17.6 Å². The molecule has 8 nitrogen and oxygen atoms in total. The molecule has 0 radical (unpaired) electrons. The fraction of sp³-hybridized carbons (Fsp3) is 0.554. The Labute approximate surface area is 397 Å². The lowest BCUT2D eigenvalue weighted by Crippen LogP contribution is -2.37. The molecule has 0 aliphatic rings. The number of phosphoric acid groups is 1. The van der Waals surface area contributed by atoms with Crippen LogP contribution in [0.3, 0.4) is 0 Å². The summed E-state index contributed by atoms with van der Waals surface area (Å²) in [5.74, 6) is -0.365. The van der Waals surface area contributed by atoms with Crippen LogP contribution in [0.5, 0.6) is 0 Å². The zero-order valence-electron chi connectivity index (χ0n) is 41.4. The van der Waals surface area contributed by atoms with Crippen molar-refractivity contribution in [3.8, 4) is 0 Å². The van der Waals surface area contributed by atoms with Crippen molar-refractivity contribution in [3.05, 3.63) is 146 Å². The third-order valence-electron chi connectivity index (χ3n) is 9.40. The largest absolute Gasteiger partial charge is 0.472 e. The number of nitrogens with zero attached hydrogens (tertiary/aromatic N) is 1. The van der Waals surface area contributed by atoms with E-state index in [2.05, 4.69) is 160 Å². The van der Waals surface area contributed by atoms with Gasteiger partial charge in [0.2, 0.25) is 0 Å². The number of likely N-dealkylation sites (N-methyl/N-ethyl adjacent to an activating group) is 1. The average molecular weight is 921 g/mol. The molecule has 0 aliphatic heterocycles. The number of esters is 1. The Kier molecular flexibility index (Phi) is 44.3. The second-order valence-electron chi connectivity index (χ2n) is 16.7. The quantitative estimate of drug-likeness (QED) is 0.0214. The normalized spacial score (nSPS) is 14.9. The molecule has 0 heterocycles. The highest BCUT2D eigenvalue weighted by atomic mass is 31.2. The van der Waals surface area contributed by atoms with Crippen molar-refractivity contribution in [2.45, 2.75) is 148 Å². The van der Waals surface area contributed by atoms with Crippen LogP contribution in [0, 0.1) is 0 Å². The van der Waals surface area contributed by atoms with Gasteiger partial charge in [-0.15, -0.1) is 0 Å². The van der Waals surface area contributed by atoms with Crippen LogP contribution in [-0.4, -0.2) is 75.6 Å². The summed E-state index contributed by atoms with van der Waals surface area (Å²) in [5.41, 5.74) is 0. The zero-order valence-corrected chi connectivity index (χ0v) is 42.3. The number of phosphoric ester groups is 1. The van der Waals surface area contributed by atoms with E-state index in [4.69, 9.17) is 18.5 Å². The fourth-order valence-electron chi connectivity index (χ4n) is 5.69. The Morgan fingerprint density at radius 1 is 0.477 bits per heavy atom. The van der Waals surface area contributed by atoms with Crippen LogP contribution in [0.25, 0.3) is 0 Å². The molecule has 0 aromatic rings. The lowest BCUT2D eigenvalue weighted by Gasteiger charge is -2.24. The number of allylic oxidation sites excluding steroid dienone is 24. The van der Waals surface area contributed by atoms with Gasteiger partial charge in [-0.05, 0) is 109 Å². The topological polar surface area (TPSA) is 91.3 Å². The van der Waals surface area contributed by atoms with Gasteiger partial charge in [-0.25, -0.2) is 4.57 Å². The number of rotatable bonds is 43. The SMILES string of the molecule is CC/C=C\C/C=C\C/C=C\C/C=C\C/C=C\C/C=C\CCCCCCC(=O)OC(COCCC/C=C\C/C=C\C/C=C\C/C=C\C/C=C\C/C=C\CC)COP(=O)(O)OCC[N+](C)(C)C. The first-order valence-electron chi connectivity index (χ1n) is 24.6. The van der Waals surface area contributed by atoms with Crippen LogP contribution in [0.15, 0.2) is 146 Å². The van der Waals surface area contributed by atoms with Gasteiger partial charge < -0.3 is 18.9 Å². The van der Waals surface area contributed by atoms with Crippen molar-refractivity contribution in [3.63, 3.8) is 0 Å². The molecule has 0 aromatic heterocycles. The minimum atomic E-state index is -4.32. The molecular formula is C56H91NO7P+. The lowest BCUT2D eigenvalue weighted by atomic mass is 10.1. The van der Waals surface area contributed by atoms with Crippen molar-refractivity contribution < 1.29 is 37.3 Å². The van der Waals surface area contributed by atoms with E-state index in [1.165, 1.54) is 0 Å². The highest BCUT2D eigenvalue weighted by Crippen LogP contribution is 2.43. The van der Waals surface area contributed by atoms with Crippen molar-refractivity contribution in [1.82, 2.24) is 0 Å². The Bertz CT molecular complexity index is 1540. The van der Waals surface area contributed by atoms with E-state index < -0.39 is 13.9 Å². The zero-order chi connectivity index (χ0) is 47.6. The number of hydrogen-bond donors (Lipinski definition) is 1. The number of quaternary nitrogens is 1. The molecule has 1 N–H and O–H groups in total.